The van der Waals surface area contributed by atoms with Crippen LogP contribution in [-0.4, -0.2) is 6.61 Å². The third kappa shape index (κ3) is 3.44. The molecule has 3 rings (SSSR count). The summed E-state index contributed by atoms with van der Waals surface area (Å²) in [7, 11) is 0. The van der Waals surface area contributed by atoms with Crippen LogP contribution in [0.15, 0.2) is 30.4 Å². The van der Waals surface area contributed by atoms with Gasteiger partial charge in [0.25, 0.3) is 0 Å². The molecule has 1 aliphatic heterocycles. The summed E-state index contributed by atoms with van der Waals surface area (Å²) in [5.41, 5.74) is 2.64. The van der Waals surface area contributed by atoms with Crippen molar-refractivity contribution in [3.63, 3.8) is 0 Å². The Hall–Kier alpha value is -1.12. The van der Waals surface area contributed by atoms with E-state index in [-0.39, 0.29) is 16.9 Å². The fourth-order valence-corrected chi connectivity index (χ4v) is 3.48. The van der Waals surface area contributed by atoms with Crippen LogP contribution in [-0.2, 0) is 4.74 Å². The van der Waals surface area contributed by atoms with Gasteiger partial charge in [0.2, 0.25) is 0 Å². The Morgan fingerprint density at radius 1 is 1.41 bits per heavy atom. The molecule has 3 heteroatoms. The molecule has 0 spiro atoms. The molecule has 0 radical (unpaired) electrons. The zero-order chi connectivity index (χ0) is 15.5. The molecular formula is C19H22ClFO. The van der Waals surface area contributed by atoms with Gasteiger partial charge in [0.05, 0.1) is 11.6 Å². The molecule has 0 amide bonds. The van der Waals surface area contributed by atoms with Gasteiger partial charge in [-0.3, -0.25) is 0 Å². The largest absolute Gasteiger partial charge is 0.368 e. The van der Waals surface area contributed by atoms with Crippen LogP contribution in [0.3, 0.4) is 0 Å². The summed E-state index contributed by atoms with van der Waals surface area (Å²) in [6, 6.07) is 3.78. The number of epoxide rings is 1. The van der Waals surface area contributed by atoms with Gasteiger partial charge in [-0.05, 0) is 56.1 Å². The minimum Gasteiger partial charge on any atom is -0.368 e. The molecular weight excluding hydrogens is 299 g/mol. The first-order chi connectivity index (χ1) is 10.7. The number of benzene rings is 1. The zero-order valence-electron chi connectivity index (χ0n) is 12.9. The first-order valence-corrected chi connectivity index (χ1v) is 8.48. The number of hydrogen-bond donors (Lipinski definition) is 0. The van der Waals surface area contributed by atoms with Crippen LogP contribution in [0.5, 0.6) is 0 Å². The van der Waals surface area contributed by atoms with Crippen LogP contribution in [0.25, 0.3) is 5.57 Å². The van der Waals surface area contributed by atoms with Crippen LogP contribution < -0.4 is 0 Å². The Balaban J connectivity index is 1.71. The number of halogens is 2. The summed E-state index contributed by atoms with van der Waals surface area (Å²) in [5.74, 6) is 0.431. The molecule has 1 nitrogen and oxygen atoms in total. The Kier molecular flexibility index (Phi) is 5.00. The van der Waals surface area contributed by atoms with Crippen molar-refractivity contribution >= 4 is 17.2 Å². The van der Waals surface area contributed by atoms with Gasteiger partial charge in [-0.2, -0.15) is 0 Å². The quantitative estimate of drug-likeness (QED) is 0.472. The summed E-state index contributed by atoms with van der Waals surface area (Å²) in [6.07, 6.45) is 12.1. The normalized spacial score (nSPS) is 24.6. The maximum atomic E-state index is 14.3. The minimum absolute atomic E-state index is 0.0945. The highest BCUT2D eigenvalue weighted by Gasteiger charge is 2.30. The van der Waals surface area contributed by atoms with Crippen molar-refractivity contribution in [1.29, 1.82) is 0 Å². The monoisotopic (exact) mass is 320 g/mol. The molecule has 0 bridgehead atoms. The van der Waals surface area contributed by atoms with E-state index in [0.717, 1.165) is 37.2 Å². The molecule has 2 aliphatic rings. The van der Waals surface area contributed by atoms with Gasteiger partial charge < -0.3 is 4.74 Å². The van der Waals surface area contributed by atoms with Crippen LogP contribution in [0.2, 0.25) is 5.02 Å². The third-order valence-electron chi connectivity index (χ3n) is 4.64. The van der Waals surface area contributed by atoms with Gasteiger partial charge >= 0.3 is 0 Å². The summed E-state index contributed by atoms with van der Waals surface area (Å²) < 4.78 is 19.5. The lowest BCUT2D eigenvalue weighted by molar-refractivity contribution is 0.408. The molecule has 2 atom stereocenters. The predicted molar refractivity (Wildman–Crippen MR) is 89.5 cm³/mol. The molecule has 1 heterocycles. The SMILES string of the molecule is C/C=C/CCC1CC=C(c2ccc(C3CO3)c(F)c2Cl)CC1. The summed E-state index contributed by atoms with van der Waals surface area (Å²) in [5, 5.41) is 0.256. The summed E-state index contributed by atoms with van der Waals surface area (Å²) in [6.45, 7) is 2.66. The Morgan fingerprint density at radius 3 is 2.86 bits per heavy atom. The van der Waals surface area contributed by atoms with E-state index < -0.39 is 0 Å². The van der Waals surface area contributed by atoms with Gasteiger partial charge in [-0.25, -0.2) is 4.39 Å². The second-order valence-electron chi connectivity index (χ2n) is 6.17. The lowest BCUT2D eigenvalue weighted by Crippen LogP contribution is -2.06. The van der Waals surface area contributed by atoms with Crippen molar-refractivity contribution in [2.24, 2.45) is 5.92 Å². The van der Waals surface area contributed by atoms with E-state index in [1.807, 2.05) is 12.1 Å². The van der Waals surface area contributed by atoms with Crippen LogP contribution >= 0.6 is 11.6 Å². The topological polar surface area (TPSA) is 12.5 Å². The maximum absolute atomic E-state index is 14.3. The van der Waals surface area contributed by atoms with E-state index in [0.29, 0.717) is 12.2 Å². The molecule has 0 saturated carbocycles. The average Bonchev–Trinajstić information content (AvgIpc) is 3.36. The van der Waals surface area contributed by atoms with Gasteiger partial charge in [0, 0.05) is 5.56 Å². The van der Waals surface area contributed by atoms with Crippen LogP contribution in [0, 0.1) is 11.7 Å². The van der Waals surface area contributed by atoms with Crippen molar-refractivity contribution in [3.05, 3.63) is 52.3 Å². The first kappa shape index (κ1) is 15.8. The molecule has 0 N–H and O–H groups in total. The molecule has 2 unspecified atom stereocenters. The first-order valence-electron chi connectivity index (χ1n) is 8.10. The molecule has 1 aliphatic carbocycles. The van der Waals surface area contributed by atoms with Crippen molar-refractivity contribution in [1.82, 2.24) is 0 Å². The van der Waals surface area contributed by atoms with Crippen molar-refractivity contribution in [2.45, 2.75) is 45.1 Å². The number of rotatable bonds is 5. The predicted octanol–water partition coefficient (Wildman–Crippen LogP) is 6.09. The standard InChI is InChI=1S/C19H22ClFO/c1-2-3-4-5-13-6-8-14(9-7-13)15-10-11-16(17-12-22-17)19(21)18(15)20/h2-3,8,10-11,13,17H,4-7,9,12H2,1H3/b3-2+. The van der Waals surface area contributed by atoms with Gasteiger partial charge in [0.15, 0.2) is 0 Å². The minimum atomic E-state index is -0.308. The lowest BCUT2D eigenvalue weighted by atomic mass is 9.84. The summed E-state index contributed by atoms with van der Waals surface area (Å²) in [4.78, 5) is 0. The zero-order valence-corrected chi connectivity index (χ0v) is 13.7. The fourth-order valence-electron chi connectivity index (χ4n) is 3.18. The van der Waals surface area contributed by atoms with E-state index in [9.17, 15) is 4.39 Å². The second-order valence-corrected chi connectivity index (χ2v) is 6.55. The maximum Gasteiger partial charge on any atom is 0.148 e. The highest BCUT2D eigenvalue weighted by molar-refractivity contribution is 6.32. The van der Waals surface area contributed by atoms with E-state index in [1.165, 1.54) is 12.0 Å². The number of hydrogen-bond acceptors (Lipinski definition) is 1. The molecule has 22 heavy (non-hydrogen) atoms. The fraction of sp³-hybridized carbons (Fsp3) is 0.474. The molecule has 1 aromatic carbocycles. The Morgan fingerprint density at radius 2 is 2.23 bits per heavy atom. The Bertz CT molecular complexity index is 602. The lowest BCUT2D eigenvalue weighted by Gasteiger charge is -2.22. The molecule has 0 aromatic heterocycles. The van der Waals surface area contributed by atoms with E-state index in [1.54, 1.807) is 0 Å². The number of allylic oxidation sites excluding steroid dienone is 4. The van der Waals surface area contributed by atoms with Gasteiger partial charge in [-0.1, -0.05) is 42.0 Å². The van der Waals surface area contributed by atoms with Gasteiger partial charge in [-0.15, -0.1) is 0 Å². The van der Waals surface area contributed by atoms with E-state index in [2.05, 4.69) is 25.2 Å². The summed E-state index contributed by atoms with van der Waals surface area (Å²) >= 11 is 6.26. The second kappa shape index (κ2) is 6.97. The van der Waals surface area contributed by atoms with Crippen LogP contribution in [0.1, 0.15) is 56.3 Å². The molecule has 1 saturated heterocycles. The Labute approximate surface area is 136 Å². The highest BCUT2D eigenvalue weighted by atomic mass is 35.5. The van der Waals surface area contributed by atoms with Gasteiger partial charge in [0.1, 0.15) is 11.9 Å². The van der Waals surface area contributed by atoms with Crippen LogP contribution in [0.4, 0.5) is 4.39 Å². The van der Waals surface area contributed by atoms with Crippen molar-refractivity contribution in [2.75, 3.05) is 6.61 Å². The average molecular weight is 321 g/mol. The number of ether oxygens (including phenoxy) is 1. The molecule has 1 fully saturated rings. The third-order valence-corrected chi connectivity index (χ3v) is 5.00. The molecule has 1 aromatic rings. The smallest absolute Gasteiger partial charge is 0.148 e. The highest BCUT2D eigenvalue weighted by Crippen LogP contribution is 2.40. The molecule has 118 valence electrons. The van der Waals surface area contributed by atoms with Crippen molar-refractivity contribution in [3.8, 4) is 0 Å². The van der Waals surface area contributed by atoms with E-state index in [4.69, 9.17) is 16.3 Å². The van der Waals surface area contributed by atoms with E-state index >= 15 is 0 Å². The van der Waals surface area contributed by atoms with Crippen molar-refractivity contribution < 1.29 is 9.13 Å².